The summed E-state index contributed by atoms with van der Waals surface area (Å²) in [5, 5.41) is 14.3. The minimum atomic E-state index is -3.69. The molecule has 2 aromatic rings. The third-order valence-corrected chi connectivity index (χ3v) is 5.08. The molecule has 2 heterocycles. The van der Waals surface area contributed by atoms with E-state index < -0.39 is 10.0 Å². The van der Waals surface area contributed by atoms with Crippen molar-refractivity contribution in [1.29, 1.82) is 0 Å². The summed E-state index contributed by atoms with van der Waals surface area (Å²) in [6.07, 6.45) is 1.12. The first-order valence-corrected chi connectivity index (χ1v) is 7.33. The minimum absolute atomic E-state index is 0.0566. The Morgan fingerprint density at radius 1 is 1.56 bits per heavy atom. The summed E-state index contributed by atoms with van der Waals surface area (Å²) in [7, 11) is -3.69. The molecule has 0 amide bonds. The number of rotatable bonds is 5. The van der Waals surface area contributed by atoms with Crippen molar-refractivity contribution in [1.82, 2.24) is 14.9 Å². The average molecular weight is 289 g/mol. The van der Waals surface area contributed by atoms with Crippen molar-refractivity contribution in [3.8, 4) is 0 Å². The lowest BCUT2D eigenvalue weighted by Crippen LogP contribution is -2.24. The van der Waals surface area contributed by atoms with Gasteiger partial charge in [0.2, 0.25) is 16.4 Å². The average Bonchev–Trinajstić information content (AvgIpc) is 2.95. The fraction of sp³-hybridized carbons (Fsp3) is 0.333. The summed E-state index contributed by atoms with van der Waals surface area (Å²) in [5.74, 6) is 0.247. The molecule has 18 heavy (non-hydrogen) atoms. The fourth-order valence-electron chi connectivity index (χ4n) is 1.46. The van der Waals surface area contributed by atoms with Crippen LogP contribution in [0.2, 0.25) is 0 Å². The molecule has 0 bridgehead atoms. The Hall–Kier alpha value is -1.29. The molecule has 0 unspecified atom stereocenters. The maximum atomic E-state index is 12.1. The van der Waals surface area contributed by atoms with Gasteiger partial charge in [-0.3, -0.25) is 0 Å². The Morgan fingerprint density at radius 3 is 2.94 bits per heavy atom. The van der Waals surface area contributed by atoms with E-state index in [-0.39, 0.29) is 23.9 Å². The molecule has 0 saturated carbocycles. The summed E-state index contributed by atoms with van der Waals surface area (Å²) >= 11 is 1.21. The number of hydrogen-bond acceptors (Lipinski definition) is 7. The highest BCUT2D eigenvalue weighted by Crippen LogP contribution is 2.26. The van der Waals surface area contributed by atoms with Gasteiger partial charge in [0.05, 0.1) is 18.0 Å². The molecule has 0 aliphatic carbocycles. The SMILES string of the molecule is Cc1csc(CO)c1S(=O)(=O)NCc1ncon1. The van der Waals surface area contributed by atoms with Gasteiger partial charge in [-0.25, -0.2) is 13.1 Å². The molecule has 2 N–H and O–H groups in total. The number of thiophene rings is 1. The predicted molar refractivity (Wildman–Crippen MR) is 63.3 cm³/mol. The van der Waals surface area contributed by atoms with Gasteiger partial charge < -0.3 is 9.63 Å². The van der Waals surface area contributed by atoms with Crippen molar-refractivity contribution in [2.75, 3.05) is 0 Å². The number of nitrogens with one attached hydrogen (secondary N) is 1. The molecule has 2 aromatic heterocycles. The van der Waals surface area contributed by atoms with Crippen LogP contribution in [0.3, 0.4) is 0 Å². The van der Waals surface area contributed by atoms with E-state index in [2.05, 4.69) is 19.4 Å². The Morgan fingerprint density at radius 2 is 2.33 bits per heavy atom. The maximum Gasteiger partial charge on any atom is 0.242 e. The molecule has 0 aliphatic heterocycles. The van der Waals surface area contributed by atoms with E-state index >= 15 is 0 Å². The van der Waals surface area contributed by atoms with Crippen LogP contribution >= 0.6 is 11.3 Å². The van der Waals surface area contributed by atoms with Crippen LogP contribution in [0.25, 0.3) is 0 Å². The lowest BCUT2D eigenvalue weighted by Gasteiger charge is -2.06. The largest absolute Gasteiger partial charge is 0.391 e. The highest BCUT2D eigenvalue weighted by molar-refractivity contribution is 7.89. The number of aryl methyl sites for hydroxylation is 1. The number of aromatic nitrogens is 2. The van der Waals surface area contributed by atoms with Crippen LogP contribution in [0, 0.1) is 6.92 Å². The Labute approximate surface area is 108 Å². The molecule has 0 radical (unpaired) electrons. The molecule has 0 saturated heterocycles. The monoisotopic (exact) mass is 289 g/mol. The van der Waals surface area contributed by atoms with Crippen LogP contribution in [0.4, 0.5) is 0 Å². The van der Waals surface area contributed by atoms with Gasteiger partial charge in [0, 0.05) is 0 Å². The first-order chi connectivity index (χ1) is 8.54. The van der Waals surface area contributed by atoms with Gasteiger partial charge in [-0.05, 0) is 17.9 Å². The summed E-state index contributed by atoms with van der Waals surface area (Å²) in [6, 6.07) is 0. The summed E-state index contributed by atoms with van der Waals surface area (Å²) in [5.41, 5.74) is 0.602. The normalized spacial score (nSPS) is 11.9. The van der Waals surface area contributed by atoms with E-state index in [1.807, 2.05) is 0 Å². The van der Waals surface area contributed by atoms with Crippen LogP contribution < -0.4 is 4.72 Å². The van der Waals surface area contributed by atoms with Crippen molar-refractivity contribution in [3.63, 3.8) is 0 Å². The maximum absolute atomic E-state index is 12.1. The van der Waals surface area contributed by atoms with E-state index in [1.165, 1.54) is 11.3 Å². The first kappa shape index (κ1) is 13.1. The molecule has 0 aliphatic rings. The zero-order valence-electron chi connectivity index (χ0n) is 9.45. The molecule has 2 rings (SSSR count). The van der Waals surface area contributed by atoms with Crippen LogP contribution in [0.5, 0.6) is 0 Å². The molecule has 0 fully saturated rings. The van der Waals surface area contributed by atoms with Crippen molar-refractivity contribution in [3.05, 3.63) is 28.0 Å². The Kier molecular flexibility index (Phi) is 3.76. The van der Waals surface area contributed by atoms with Crippen molar-refractivity contribution < 1.29 is 18.0 Å². The van der Waals surface area contributed by atoms with Crippen molar-refractivity contribution >= 4 is 21.4 Å². The number of aliphatic hydroxyl groups excluding tert-OH is 1. The third-order valence-electron chi connectivity index (χ3n) is 2.23. The second kappa shape index (κ2) is 5.14. The standard InChI is InChI=1S/C9H11N3O4S2/c1-6-4-17-7(3-13)9(6)18(14,15)11-2-8-10-5-16-12-8/h4-5,11,13H,2-3H2,1H3. The fourth-order valence-corrected chi connectivity index (χ4v) is 4.10. The van der Waals surface area contributed by atoms with Crippen LogP contribution in [0.1, 0.15) is 16.3 Å². The molecule has 0 aromatic carbocycles. The third kappa shape index (κ3) is 2.58. The predicted octanol–water partition coefficient (Wildman–Crippen LogP) is 0.410. The molecular formula is C9H11N3O4S2. The van der Waals surface area contributed by atoms with Gasteiger partial charge in [0.25, 0.3) is 0 Å². The van der Waals surface area contributed by atoms with Gasteiger partial charge in [-0.2, -0.15) is 4.98 Å². The number of nitrogens with zero attached hydrogens (tertiary/aromatic N) is 2. The van der Waals surface area contributed by atoms with E-state index in [9.17, 15) is 8.42 Å². The lowest BCUT2D eigenvalue weighted by atomic mass is 10.3. The van der Waals surface area contributed by atoms with Crippen LogP contribution in [-0.2, 0) is 23.2 Å². The quantitative estimate of drug-likeness (QED) is 0.826. The second-order valence-corrected chi connectivity index (χ2v) is 6.17. The molecule has 0 spiro atoms. The Bertz CT molecular complexity index is 618. The highest BCUT2D eigenvalue weighted by atomic mass is 32.2. The van der Waals surface area contributed by atoms with Crippen molar-refractivity contribution in [2.24, 2.45) is 0 Å². The second-order valence-electron chi connectivity index (χ2n) is 3.50. The van der Waals surface area contributed by atoms with E-state index in [0.29, 0.717) is 10.4 Å². The van der Waals surface area contributed by atoms with Crippen LogP contribution in [0.15, 0.2) is 21.2 Å². The van der Waals surface area contributed by atoms with Gasteiger partial charge in [-0.1, -0.05) is 5.16 Å². The van der Waals surface area contributed by atoms with Gasteiger partial charge in [0.15, 0.2) is 5.82 Å². The van der Waals surface area contributed by atoms with Gasteiger partial charge in [-0.15, -0.1) is 11.3 Å². The Balaban J connectivity index is 2.22. The minimum Gasteiger partial charge on any atom is -0.391 e. The summed E-state index contributed by atoms with van der Waals surface area (Å²) in [4.78, 5) is 4.25. The molecule has 9 heteroatoms. The zero-order chi connectivity index (χ0) is 13.2. The van der Waals surface area contributed by atoms with Gasteiger partial charge >= 0.3 is 0 Å². The number of sulfonamides is 1. The van der Waals surface area contributed by atoms with E-state index in [4.69, 9.17) is 5.11 Å². The number of hydrogen-bond donors (Lipinski definition) is 2. The molecule has 0 atom stereocenters. The van der Waals surface area contributed by atoms with Crippen LogP contribution in [-0.4, -0.2) is 23.7 Å². The first-order valence-electron chi connectivity index (χ1n) is 4.97. The highest BCUT2D eigenvalue weighted by Gasteiger charge is 2.22. The van der Waals surface area contributed by atoms with Crippen molar-refractivity contribution in [2.45, 2.75) is 25.0 Å². The summed E-state index contributed by atoms with van der Waals surface area (Å²) in [6.45, 7) is 1.31. The number of aliphatic hydroxyl groups is 1. The molecule has 7 nitrogen and oxygen atoms in total. The van der Waals surface area contributed by atoms with E-state index in [1.54, 1.807) is 12.3 Å². The lowest BCUT2D eigenvalue weighted by molar-refractivity contribution is 0.282. The molecule has 98 valence electrons. The topological polar surface area (TPSA) is 105 Å². The summed E-state index contributed by atoms with van der Waals surface area (Å²) < 4.78 is 31.0. The van der Waals surface area contributed by atoms with Gasteiger partial charge in [0.1, 0.15) is 4.90 Å². The zero-order valence-corrected chi connectivity index (χ0v) is 11.1. The molecular weight excluding hydrogens is 278 g/mol. The smallest absolute Gasteiger partial charge is 0.242 e. The van der Waals surface area contributed by atoms with E-state index in [0.717, 1.165) is 6.39 Å².